The van der Waals surface area contributed by atoms with E-state index in [1.165, 1.54) is 12.1 Å². The van der Waals surface area contributed by atoms with Crippen LogP contribution >= 0.6 is 0 Å². The molecule has 0 saturated carbocycles. The van der Waals surface area contributed by atoms with Gasteiger partial charge in [-0.25, -0.2) is 0 Å². The molecule has 2 aromatic carbocycles. The Hall–Kier alpha value is -4.70. The van der Waals surface area contributed by atoms with E-state index in [9.17, 15) is 23.7 Å². The summed E-state index contributed by atoms with van der Waals surface area (Å²) in [5.41, 5.74) is 4.87. The van der Waals surface area contributed by atoms with Gasteiger partial charge in [0, 0.05) is 23.9 Å². The summed E-state index contributed by atoms with van der Waals surface area (Å²) in [7, 11) is 0. The summed E-state index contributed by atoms with van der Waals surface area (Å²) in [6.45, 7) is 4.64. The van der Waals surface area contributed by atoms with Crippen molar-refractivity contribution in [1.82, 2.24) is 4.48 Å². The number of hydrogen-bond acceptors (Lipinski definition) is 4. The quantitative estimate of drug-likeness (QED) is 0.384. The van der Waals surface area contributed by atoms with Crippen LogP contribution in [0.4, 0.5) is 13.2 Å². The minimum absolute atomic E-state index is 0.426. The molecule has 1 aromatic heterocycles. The summed E-state index contributed by atoms with van der Waals surface area (Å²) in [5, 5.41) is 20.1. The van der Waals surface area contributed by atoms with Crippen molar-refractivity contribution in [3.05, 3.63) is 99.0 Å². The third-order valence-electron chi connectivity index (χ3n) is 7.65. The maximum absolute atomic E-state index is 13.4. The summed E-state index contributed by atoms with van der Waals surface area (Å²) < 4.78 is 57.0. The second-order valence-corrected chi connectivity index (χ2v) is 9.60. The standard InChI is InChI=1S/C28H20BF3N4O2/c1-15-21(13-33)17(3)35-26(15)25(19-9-11-20(12-10-19)28(30,31)32)27-16(2)22(14-34)18(4)36(27)29(35)37-23-7-5-6-8-24(23)38-29/h5-12H,1-4H3. The molecule has 6 rings (SSSR count). The third kappa shape index (κ3) is 2.86. The van der Waals surface area contributed by atoms with E-state index in [0.29, 0.717) is 67.7 Å². The first-order chi connectivity index (χ1) is 18.0. The number of halogens is 3. The van der Waals surface area contributed by atoms with Crippen LogP contribution in [0.15, 0.2) is 65.4 Å². The fourth-order valence-corrected chi connectivity index (χ4v) is 6.02. The molecule has 3 aromatic rings. The van der Waals surface area contributed by atoms with Gasteiger partial charge in [0.15, 0.2) is 11.4 Å². The SMILES string of the molecule is CC1=C(C#N)C(C)=[N+]2C1=C(c1ccc(C(F)(F)F)cc1)c1c(C)c(C#N)c(C)n1[B-]21Oc2ccccc2O1. The van der Waals surface area contributed by atoms with Gasteiger partial charge in [0.25, 0.3) is 0 Å². The van der Waals surface area contributed by atoms with E-state index in [1.807, 2.05) is 21.1 Å². The molecule has 3 aliphatic heterocycles. The summed E-state index contributed by atoms with van der Waals surface area (Å²) in [6.07, 6.45) is -4.48. The Morgan fingerprint density at radius 1 is 0.895 bits per heavy atom. The van der Waals surface area contributed by atoms with Crippen molar-refractivity contribution < 1.29 is 27.0 Å². The van der Waals surface area contributed by atoms with E-state index in [2.05, 4.69) is 12.1 Å². The fraction of sp³-hybridized carbons (Fsp3) is 0.179. The smallest absolute Gasteiger partial charge is 0.599 e. The first-order valence-electron chi connectivity index (χ1n) is 12.0. The van der Waals surface area contributed by atoms with E-state index in [-0.39, 0.29) is 0 Å². The molecular formula is C28H20BF3N4O2. The molecule has 6 nitrogen and oxygen atoms in total. The highest BCUT2D eigenvalue weighted by atomic mass is 19.4. The van der Waals surface area contributed by atoms with Crippen molar-refractivity contribution in [2.75, 3.05) is 0 Å². The largest absolute Gasteiger partial charge is 0.780 e. The van der Waals surface area contributed by atoms with Crippen LogP contribution in [0.2, 0.25) is 0 Å². The molecule has 0 amide bonds. The van der Waals surface area contributed by atoms with E-state index in [1.54, 1.807) is 39.8 Å². The Balaban J connectivity index is 1.75. The molecule has 4 heterocycles. The molecule has 0 saturated heterocycles. The first kappa shape index (κ1) is 23.7. The average molecular weight is 512 g/mol. The zero-order chi connectivity index (χ0) is 27.1. The highest BCUT2D eigenvalue weighted by Gasteiger charge is 2.64. The first-order valence-corrected chi connectivity index (χ1v) is 12.0. The summed E-state index contributed by atoms with van der Waals surface area (Å²) in [5.74, 6) is 1.02. The lowest BCUT2D eigenvalue weighted by Gasteiger charge is -2.39. The van der Waals surface area contributed by atoms with Gasteiger partial charge in [-0.3, -0.25) is 0 Å². The van der Waals surface area contributed by atoms with E-state index in [0.717, 1.165) is 12.1 Å². The molecule has 0 N–H and O–H groups in total. The fourth-order valence-electron chi connectivity index (χ4n) is 6.02. The van der Waals surface area contributed by atoms with E-state index < -0.39 is 18.6 Å². The molecule has 38 heavy (non-hydrogen) atoms. The van der Waals surface area contributed by atoms with Crippen LogP contribution in [0.1, 0.15) is 47.5 Å². The number of fused-ring (bicyclic) bond motifs is 5. The predicted octanol–water partition coefficient (Wildman–Crippen LogP) is 5.85. The zero-order valence-electron chi connectivity index (χ0n) is 20.9. The molecular weight excluding hydrogens is 492 g/mol. The number of alkyl halides is 3. The second-order valence-electron chi connectivity index (χ2n) is 9.60. The van der Waals surface area contributed by atoms with Crippen molar-refractivity contribution >= 4 is 18.1 Å². The Labute approximate surface area is 216 Å². The van der Waals surface area contributed by atoms with E-state index >= 15 is 0 Å². The minimum Gasteiger partial charge on any atom is -0.599 e. The van der Waals surface area contributed by atoms with Gasteiger partial charge in [-0.15, -0.1) is 0 Å². The van der Waals surface area contributed by atoms with Crippen molar-refractivity contribution in [1.29, 1.82) is 10.5 Å². The third-order valence-corrected chi connectivity index (χ3v) is 7.65. The summed E-state index contributed by atoms with van der Waals surface area (Å²) in [6, 6.07) is 16.7. The molecule has 1 spiro atoms. The normalized spacial score (nSPS) is 17.1. The highest BCUT2D eigenvalue weighted by Crippen LogP contribution is 2.50. The van der Waals surface area contributed by atoms with Crippen LogP contribution in [0.25, 0.3) is 5.57 Å². The number of para-hydroxylation sites is 2. The Morgan fingerprint density at radius 3 is 2.03 bits per heavy atom. The number of hydrogen-bond donors (Lipinski definition) is 0. The van der Waals surface area contributed by atoms with Gasteiger partial charge in [0.1, 0.15) is 29.2 Å². The number of benzene rings is 2. The van der Waals surface area contributed by atoms with Crippen molar-refractivity contribution in [3.63, 3.8) is 0 Å². The molecule has 0 aliphatic carbocycles. The second kappa shape index (κ2) is 7.66. The zero-order valence-corrected chi connectivity index (χ0v) is 20.9. The maximum Gasteiger partial charge on any atom is 0.780 e. The maximum atomic E-state index is 13.4. The molecule has 10 heteroatoms. The lowest BCUT2D eigenvalue weighted by atomic mass is 9.78. The lowest BCUT2D eigenvalue weighted by Crippen LogP contribution is -2.65. The van der Waals surface area contributed by atoms with Crippen molar-refractivity contribution in [2.24, 2.45) is 0 Å². The van der Waals surface area contributed by atoms with Gasteiger partial charge in [0.2, 0.25) is 0 Å². The molecule has 0 unspecified atom stereocenters. The highest BCUT2D eigenvalue weighted by molar-refractivity contribution is 6.62. The Kier molecular flexibility index (Phi) is 4.77. The van der Waals surface area contributed by atoms with Crippen LogP contribution in [0.3, 0.4) is 0 Å². The minimum atomic E-state index is -4.48. The van der Waals surface area contributed by atoms with Crippen LogP contribution in [-0.2, 0) is 6.18 Å². The molecule has 188 valence electrons. The topological polar surface area (TPSA) is 74.0 Å². The van der Waals surface area contributed by atoms with Gasteiger partial charge in [-0.1, -0.05) is 24.3 Å². The molecule has 0 bridgehead atoms. The monoisotopic (exact) mass is 512 g/mol. The van der Waals surface area contributed by atoms with Crippen LogP contribution in [0.5, 0.6) is 11.5 Å². The van der Waals surface area contributed by atoms with Crippen LogP contribution in [0, 0.1) is 36.5 Å². The van der Waals surface area contributed by atoms with Crippen LogP contribution < -0.4 is 9.31 Å². The molecule has 0 fully saturated rings. The number of rotatable bonds is 1. The Morgan fingerprint density at radius 2 is 1.50 bits per heavy atom. The van der Waals surface area contributed by atoms with Gasteiger partial charge in [-0.05, 0) is 56.2 Å². The van der Waals surface area contributed by atoms with Crippen LogP contribution in [-0.4, -0.2) is 21.5 Å². The number of nitriles is 2. The van der Waals surface area contributed by atoms with Gasteiger partial charge in [0.05, 0.1) is 16.7 Å². The van der Waals surface area contributed by atoms with Gasteiger partial charge >= 0.3 is 13.0 Å². The summed E-state index contributed by atoms with van der Waals surface area (Å²) >= 11 is 0. The van der Waals surface area contributed by atoms with Gasteiger partial charge < -0.3 is 18.3 Å². The molecule has 0 atom stereocenters. The number of allylic oxidation sites excluding steroid dienone is 2. The average Bonchev–Trinajstić information content (AvgIpc) is 3.47. The predicted molar refractivity (Wildman–Crippen MR) is 134 cm³/mol. The van der Waals surface area contributed by atoms with Gasteiger partial charge in [-0.2, -0.15) is 23.7 Å². The molecule has 3 aliphatic rings. The lowest BCUT2D eigenvalue weighted by molar-refractivity contribution is -0.369. The van der Waals surface area contributed by atoms with Crippen molar-refractivity contribution in [3.8, 4) is 23.6 Å². The Bertz CT molecular complexity index is 1740. The summed E-state index contributed by atoms with van der Waals surface area (Å²) in [4.78, 5) is 0. The number of nitrogens with zero attached hydrogens (tertiary/aromatic N) is 4. The van der Waals surface area contributed by atoms with Crippen molar-refractivity contribution in [2.45, 2.75) is 33.9 Å². The molecule has 0 radical (unpaired) electrons. The van der Waals surface area contributed by atoms with E-state index in [4.69, 9.17) is 9.31 Å². The number of aromatic nitrogens is 1.